The van der Waals surface area contributed by atoms with Gasteiger partial charge < -0.3 is 15.9 Å². The van der Waals surface area contributed by atoms with E-state index in [-0.39, 0.29) is 11.7 Å². The monoisotopic (exact) mass is 321 g/mol. The Morgan fingerprint density at radius 2 is 2.09 bits per heavy atom. The highest BCUT2D eigenvalue weighted by Crippen LogP contribution is 2.14. The number of aromatic nitrogens is 3. The third kappa shape index (κ3) is 4.22. The molecular weight excluding hydrogens is 306 g/mol. The number of esters is 1. The molecule has 2 rings (SSSR count). The number of benzene rings is 1. The van der Waals surface area contributed by atoms with E-state index in [1.54, 1.807) is 31.2 Å². The van der Waals surface area contributed by atoms with Crippen molar-refractivity contribution in [1.82, 2.24) is 14.9 Å². The SMILES string of the molecule is CCOC(=O)c1ccc(NC(=O)CSc2nncn2N)cc1. The Kier molecular flexibility index (Phi) is 5.37. The Labute approximate surface area is 131 Å². The van der Waals surface area contributed by atoms with Crippen LogP contribution in [0.15, 0.2) is 35.7 Å². The third-order valence-electron chi connectivity index (χ3n) is 2.55. The lowest BCUT2D eigenvalue weighted by atomic mass is 10.2. The van der Waals surface area contributed by atoms with Crippen molar-refractivity contribution in [1.29, 1.82) is 0 Å². The van der Waals surface area contributed by atoms with E-state index >= 15 is 0 Å². The Morgan fingerprint density at radius 3 is 2.68 bits per heavy atom. The molecule has 1 amide bonds. The minimum atomic E-state index is -0.391. The van der Waals surface area contributed by atoms with E-state index in [2.05, 4.69) is 15.5 Å². The molecule has 0 unspecified atom stereocenters. The first-order valence-electron chi connectivity index (χ1n) is 6.45. The molecule has 0 aliphatic heterocycles. The van der Waals surface area contributed by atoms with E-state index in [9.17, 15) is 9.59 Å². The van der Waals surface area contributed by atoms with Crippen molar-refractivity contribution >= 4 is 29.3 Å². The number of nitrogens with two attached hydrogens (primary N) is 1. The van der Waals surface area contributed by atoms with Crippen molar-refractivity contribution < 1.29 is 14.3 Å². The fourth-order valence-electron chi connectivity index (χ4n) is 1.57. The summed E-state index contributed by atoms with van der Waals surface area (Å²) in [5, 5.41) is 10.5. The molecule has 22 heavy (non-hydrogen) atoms. The van der Waals surface area contributed by atoms with Gasteiger partial charge in [0.05, 0.1) is 17.9 Å². The van der Waals surface area contributed by atoms with E-state index in [0.29, 0.717) is 23.0 Å². The first-order chi connectivity index (χ1) is 10.6. The van der Waals surface area contributed by atoms with Gasteiger partial charge in [-0.15, -0.1) is 10.2 Å². The maximum Gasteiger partial charge on any atom is 0.338 e. The molecule has 0 spiro atoms. The summed E-state index contributed by atoms with van der Waals surface area (Å²) in [4.78, 5) is 23.3. The minimum Gasteiger partial charge on any atom is -0.462 e. The summed E-state index contributed by atoms with van der Waals surface area (Å²) < 4.78 is 6.13. The molecule has 2 aromatic rings. The Balaban J connectivity index is 1.86. The predicted octanol–water partition coefficient (Wildman–Crippen LogP) is 0.899. The normalized spacial score (nSPS) is 10.2. The van der Waals surface area contributed by atoms with Crippen molar-refractivity contribution in [3.8, 4) is 0 Å². The zero-order valence-electron chi connectivity index (χ0n) is 11.9. The van der Waals surface area contributed by atoms with Gasteiger partial charge in [0, 0.05) is 5.69 Å². The highest BCUT2D eigenvalue weighted by molar-refractivity contribution is 7.99. The molecule has 3 N–H and O–H groups in total. The second-order valence-electron chi connectivity index (χ2n) is 4.16. The van der Waals surface area contributed by atoms with E-state index in [0.717, 1.165) is 0 Å². The summed E-state index contributed by atoms with van der Waals surface area (Å²) >= 11 is 1.17. The molecule has 0 atom stereocenters. The first kappa shape index (κ1) is 15.8. The number of hydrogen-bond acceptors (Lipinski definition) is 7. The quantitative estimate of drug-likeness (QED) is 0.462. The standard InChI is InChI=1S/C13H15N5O3S/c1-2-21-12(20)9-3-5-10(6-4-9)16-11(19)7-22-13-17-15-8-18(13)14/h3-6,8H,2,7,14H2,1H3,(H,16,19). The van der Waals surface area contributed by atoms with Crippen LogP contribution in [0.25, 0.3) is 0 Å². The van der Waals surface area contributed by atoms with Gasteiger partial charge in [-0.3, -0.25) is 4.79 Å². The number of nitrogens with zero attached hydrogens (tertiary/aromatic N) is 3. The molecule has 8 nitrogen and oxygen atoms in total. The number of hydrogen-bond donors (Lipinski definition) is 2. The highest BCUT2D eigenvalue weighted by Gasteiger charge is 2.09. The van der Waals surface area contributed by atoms with Gasteiger partial charge in [0.2, 0.25) is 11.1 Å². The summed E-state index contributed by atoms with van der Waals surface area (Å²) in [7, 11) is 0. The zero-order chi connectivity index (χ0) is 15.9. The molecule has 1 heterocycles. The molecule has 0 fully saturated rings. The van der Waals surface area contributed by atoms with Crippen LogP contribution < -0.4 is 11.2 Å². The summed E-state index contributed by atoms with van der Waals surface area (Å²) in [5.74, 6) is 5.09. The Hall–Kier alpha value is -2.55. The van der Waals surface area contributed by atoms with Crippen LogP contribution >= 0.6 is 11.8 Å². The largest absolute Gasteiger partial charge is 0.462 e. The molecule has 0 bridgehead atoms. The number of ether oxygens (including phenoxy) is 1. The topological polar surface area (TPSA) is 112 Å². The number of carbonyl (C=O) groups is 2. The van der Waals surface area contributed by atoms with E-state index in [4.69, 9.17) is 10.6 Å². The lowest BCUT2D eigenvalue weighted by Crippen LogP contribution is -2.15. The van der Waals surface area contributed by atoms with E-state index < -0.39 is 5.97 Å². The highest BCUT2D eigenvalue weighted by atomic mass is 32.2. The average Bonchev–Trinajstić information content (AvgIpc) is 2.91. The van der Waals surface area contributed by atoms with Gasteiger partial charge in [0.1, 0.15) is 6.33 Å². The molecule has 9 heteroatoms. The maximum atomic E-state index is 11.8. The lowest BCUT2D eigenvalue weighted by Gasteiger charge is -2.06. The average molecular weight is 321 g/mol. The predicted molar refractivity (Wildman–Crippen MR) is 81.9 cm³/mol. The first-order valence-corrected chi connectivity index (χ1v) is 7.43. The zero-order valence-corrected chi connectivity index (χ0v) is 12.7. The summed E-state index contributed by atoms with van der Waals surface area (Å²) in [6, 6.07) is 6.47. The van der Waals surface area contributed by atoms with Gasteiger partial charge in [0.25, 0.3) is 0 Å². The maximum absolute atomic E-state index is 11.8. The lowest BCUT2D eigenvalue weighted by molar-refractivity contribution is -0.113. The molecule has 1 aromatic carbocycles. The van der Waals surface area contributed by atoms with Gasteiger partial charge in [-0.1, -0.05) is 11.8 Å². The minimum absolute atomic E-state index is 0.148. The third-order valence-corrected chi connectivity index (χ3v) is 3.51. The van der Waals surface area contributed by atoms with Crippen LogP contribution in [-0.4, -0.2) is 39.1 Å². The fourth-order valence-corrected chi connectivity index (χ4v) is 2.20. The summed E-state index contributed by atoms with van der Waals surface area (Å²) in [6.07, 6.45) is 1.36. The van der Waals surface area contributed by atoms with Gasteiger partial charge in [-0.2, -0.15) is 0 Å². The number of nitrogens with one attached hydrogen (secondary N) is 1. The summed E-state index contributed by atoms with van der Waals surface area (Å²) in [6.45, 7) is 2.06. The van der Waals surface area contributed by atoms with Crippen molar-refractivity contribution in [2.45, 2.75) is 12.1 Å². The Bertz CT molecular complexity index is 656. The number of nitrogen functional groups attached to an aromatic ring is 1. The fraction of sp³-hybridized carbons (Fsp3) is 0.231. The molecule has 0 saturated heterocycles. The molecule has 0 aliphatic rings. The van der Waals surface area contributed by atoms with Crippen LogP contribution in [0, 0.1) is 0 Å². The van der Waals surface area contributed by atoms with Gasteiger partial charge >= 0.3 is 5.97 Å². The van der Waals surface area contributed by atoms with E-state index in [1.807, 2.05) is 0 Å². The van der Waals surface area contributed by atoms with Crippen molar-refractivity contribution in [3.63, 3.8) is 0 Å². The van der Waals surface area contributed by atoms with Crippen LogP contribution in [0.2, 0.25) is 0 Å². The number of anilines is 1. The van der Waals surface area contributed by atoms with Crippen LogP contribution in [0.3, 0.4) is 0 Å². The van der Waals surface area contributed by atoms with Gasteiger partial charge in [-0.25, -0.2) is 9.47 Å². The molecule has 116 valence electrons. The second kappa shape index (κ2) is 7.46. The van der Waals surface area contributed by atoms with Crippen LogP contribution in [0.1, 0.15) is 17.3 Å². The molecular formula is C13H15N5O3S. The van der Waals surface area contributed by atoms with Crippen LogP contribution in [0.4, 0.5) is 5.69 Å². The molecule has 0 radical (unpaired) electrons. The molecule has 0 saturated carbocycles. The Morgan fingerprint density at radius 1 is 1.36 bits per heavy atom. The van der Waals surface area contributed by atoms with Crippen molar-refractivity contribution in [3.05, 3.63) is 36.2 Å². The molecule has 0 aliphatic carbocycles. The van der Waals surface area contributed by atoms with E-state index in [1.165, 1.54) is 22.8 Å². The summed E-state index contributed by atoms with van der Waals surface area (Å²) in [5.41, 5.74) is 1.03. The van der Waals surface area contributed by atoms with Gasteiger partial charge in [0.15, 0.2) is 0 Å². The number of thioether (sulfide) groups is 1. The van der Waals surface area contributed by atoms with Crippen LogP contribution in [-0.2, 0) is 9.53 Å². The number of carbonyl (C=O) groups excluding carboxylic acids is 2. The van der Waals surface area contributed by atoms with Crippen molar-refractivity contribution in [2.24, 2.45) is 0 Å². The van der Waals surface area contributed by atoms with Crippen molar-refractivity contribution in [2.75, 3.05) is 23.5 Å². The molecule has 1 aromatic heterocycles. The van der Waals surface area contributed by atoms with Crippen LogP contribution in [0.5, 0.6) is 0 Å². The van der Waals surface area contributed by atoms with Gasteiger partial charge in [-0.05, 0) is 31.2 Å². The number of amides is 1. The number of rotatable bonds is 6. The smallest absolute Gasteiger partial charge is 0.338 e. The second-order valence-corrected chi connectivity index (χ2v) is 5.10.